The first-order valence-electron chi connectivity index (χ1n) is 8.13. The summed E-state index contributed by atoms with van der Waals surface area (Å²) < 4.78 is 0. The van der Waals surface area contributed by atoms with E-state index in [-0.39, 0.29) is 17.6 Å². The van der Waals surface area contributed by atoms with Gasteiger partial charge in [0, 0.05) is 29.9 Å². The number of nitrogens with one attached hydrogen (secondary N) is 1. The fraction of sp³-hybridized carbons (Fsp3) is 0.263. The third kappa shape index (κ3) is 3.74. The maximum atomic E-state index is 12.5. The molecule has 3 rings (SSSR count). The number of phenolic OH excluding ortho intramolecular Hbond substituents is 1. The molecule has 2 aromatic carbocycles. The Morgan fingerprint density at radius 3 is 2.38 bits per heavy atom. The standard InChI is InChI=1S/C19H20N2O3/c22-17-9-5-6-14(13-17)18(23)20-16-8-4-7-15(12-16)19(24)21-10-2-1-3-11-21/h4-9,12-13,22H,1-3,10-11H2,(H,20,23). The van der Waals surface area contributed by atoms with Crippen molar-refractivity contribution in [2.75, 3.05) is 18.4 Å². The zero-order chi connectivity index (χ0) is 16.9. The van der Waals surface area contributed by atoms with E-state index >= 15 is 0 Å². The van der Waals surface area contributed by atoms with Gasteiger partial charge in [-0.15, -0.1) is 0 Å². The summed E-state index contributed by atoms with van der Waals surface area (Å²) in [5.74, 6) is -0.284. The molecule has 0 bridgehead atoms. The minimum atomic E-state index is -0.325. The molecule has 0 radical (unpaired) electrons. The van der Waals surface area contributed by atoms with Crippen LogP contribution >= 0.6 is 0 Å². The van der Waals surface area contributed by atoms with Gasteiger partial charge in [0.2, 0.25) is 0 Å². The van der Waals surface area contributed by atoms with Crippen LogP contribution in [-0.4, -0.2) is 34.9 Å². The van der Waals surface area contributed by atoms with Crippen LogP contribution in [0.5, 0.6) is 5.75 Å². The van der Waals surface area contributed by atoms with Crippen LogP contribution in [0.15, 0.2) is 48.5 Å². The van der Waals surface area contributed by atoms with Gasteiger partial charge in [-0.25, -0.2) is 0 Å². The molecule has 0 atom stereocenters. The normalized spacial score (nSPS) is 14.2. The summed E-state index contributed by atoms with van der Waals surface area (Å²) in [5, 5.41) is 12.2. The molecule has 24 heavy (non-hydrogen) atoms. The molecule has 0 aromatic heterocycles. The predicted molar refractivity (Wildman–Crippen MR) is 92.3 cm³/mol. The molecular formula is C19H20N2O3. The highest BCUT2D eigenvalue weighted by atomic mass is 16.3. The summed E-state index contributed by atoms with van der Waals surface area (Å²) in [6.45, 7) is 1.58. The largest absolute Gasteiger partial charge is 0.508 e. The summed E-state index contributed by atoms with van der Waals surface area (Å²) >= 11 is 0. The van der Waals surface area contributed by atoms with Gasteiger partial charge in [-0.2, -0.15) is 0 Å². The number of nitrogens with zero attached hydrogens (tertiary/aromatic N) is 1. The third-order valence-electron chi connectivity index (χ3n) is 4.12. The lowest BCUT2D eigenvalue weighted by atomic mass is 10.1. The van der Waals surface area contributed by atoms with E-state index < -0.39 is 0 Å². The van der Waals surface area contributed by atoms with Gasteiger partial charge in [0.15, 0.2) is 0 Å². The first-order chi connectivity index (χ1) is 11.6. The number of piperidine rings is 1. The Morgan fingerprint density at radius 2 is 1.62 bits per heavy atom. The zero-order valence-electron chi connectivity index (χ0n) is 13.4. The Bertz CT molecular complexity index is 752. The highest BCUT2D eigenvalue weighted by molar-refractivity contribution is 6.05. The van der Waals surface area contributed by atoms with Crippen molar-refractivity contribution in [2.24, 2.45) is 0 Å². The molecule has 5 heteroatoms. The van der Waals surface area contributed by atoms with Gasteiger partial charge >= 0.3 is 0 Å². The number of anilines is 1. The molecule has 1 aliphatic rings. The number of carbonyl (C=O) groups is 2. The Balaban J connectivity index is 1.73. The second-order valence-electron chi connectivity index (χ2n) is 5.94. The van der Waals surface area contributed by atoms with Crippen molar-refractivity contribution < 1.29 is 14.7 Å². The fourth-order valence-electron chi connectivity index (χ4n) is 2.86. The van der Waals surface area contributed by atoms with Crippen molar-refractivity contribution >= 4 is 17.5 Å². The minimum Gasteiger partial charge on any atom is -0.508 e. The van der Waals surface area contributed by atoms with Crippen LogP contribution in [0.1, 0.15) is 40.0 Å². The van der Waals surface area contributed by atoms with Crippen LogP contribution in [-0.2, 0) is 0 Å². The van der Waals surface area contributed by atoms with Gasteiger partial charge in [0.05, 0.1) is 0 Å². The molecule has 2 N–H and O–H groups in total. The molecule has 0 unspecified atom stereocenters. The van der Waals surface area contributed by atoms with E-state index in [1.807, 2.05) is 4.90 Å². The van der Waals surface area contributed by atoms with Crippen LogP contribution in [0.3, 0.4) is 0 Å². The zero-order valence-corrected chi connectivity index (χ0v) is 13.4. The number of hydrogen-bond acceptors (Lipinski definition) is 3. The fourth-order valence-corrected chi connectivity index (χ4v) is 2.86. The lowest BCUT2D eigenvalue weighted by molar-refractivity contribution is 0.0724. The lowest BCUT2D eigenvalue weighted by Crippen LogP contribution is -2.35. The van der Waals surface area contributed by atoms with E-state index in [4.69, 9.17) is 0 Å². The predicted octanol–water partition coefficient (Wildman–Crippen LogP) is 3.27. The number of aromatic hydroxyl groups is 1. The van der Waals surface area contributed by atoms with Crippen LogP contribution in [0.4, 0.5) is 5.69 Å². The summed E-state index contributed by atoms with van der Waals surface area (Å²) in [4.78, 5) is 26.6. The first-order valence-corrected chi connectivity index (χ1v) is 8.13. The van der Waals surface area contributed by atoms with Gasteiger partial charge in [-0.05, 0) is 55.7 Å². The summed E-state index contributed by atoms with van der Waals surface area (Å²) in [6.07, 6.45) is 3.25. The number of hydrogen-bond donors (Lipinski definition) is 2. The van der Waals surface area contributed by atoms with E-state index in [2.05, 4.69) is 5.32 Å². The van der Waals surface area contributed by atoms with Crippen molar-refractivity contribution in [1.82, 2.24) is 4.90 Å². The van der Waals surface area contributed by atoms with E-state index in [9.17, 15) is 14.7 Å². The molecule has 2 amide bonds. The quantitative estimate of drug-likeness (QED) is 0.910. The lowest BCUT2D eigenvalue weighted by Gasteiger charge is -2.26. The molecule has 0 aliphatic carbocycles. The third-order valence-corrected chi connectivity index (χ3v) is 4.12. The van der Waals surface area contributed by atoms with Crippen LogP contribution in [0.25, 0.3) is 0 Å². The number of benzene rings is 2. The highest BCUT2D eigenvalue weighted by Crippen LogP contribution is 2.18. The van der Waals surface area contributed by atoms with Crippen molar-refractivity contribution in [1.29, 1.82) is 0 Å². The number of amides is 2. The molecular weight excluding hydrogens is 304 g/mol. The average Bonchev–Trinajstić information content (AvgIpc) is 2.62. The van der Waals surface area contributed by atoms with Gasteiger partial charge in [-0.1, -0.05) is 12.1 Å². The Hall–Kier alpha value is -2.82. The number of likely N-dealkylation sites (tertiary alicyclic amines) is 1. The Labute approximate surface area is 140 Å². The number of carbonyl (C=O) groups excluding carboxylic acids is 2. The highest BCUT2D eigenvalue weighted by Gasteiger charge is 2.18. The maximum absolute atomic E-state index is 12.5. The Kier molecular flexibility index (Phi) is 4.79. The first kappa shape index (κ1) is 16.1. The molecule has 5 nitrogen and oxygen atoms in total. The summed E-state index contributed by atoms with van der Waals surface area (Å²) in [7, 11) is 0. The van der Waals surface area contributed by atoms with Gasteiger partial charge in [-0.3, -0.25) is 9.59 Å². The van der Waals surface area contributed by atoms with Crippen molar-refractivity contribution in [3.63, 3.8) is 0 Å². The summed E-state index contributed by atoms with van der Waals surface area (Å²) in [5.41, 5.74) is 1.50. The van der Waals surface area contributed by atoms with Gasteiger partial charge in [0.1, 0.15) is 5.75 Å². The second-order valence-corrected chi connectivity index (χ2v) is 5.94. The molecule has 1 aliphatic heterocycles. The smallest absolute Gasteiger partial charge is 0.255 e. The van der Waals surface area contributed by atoms with E-state index in [1.54, 1.807) is 36.4 Å². The minimum absolute atomic E-state index is 0.00292. The van der Waals surface area contributed by atoms with E-state index in [0.29, 0.717) is 16.8 Å². The van der Waals surface area contributed by atoms with Crippen LogP contribution < -0.4 is 5.32 Å². The van der Waals surface area contributed by atoms with Gasteiger partial charge in [0.25, 0.3) is 11.8 Å². The monoisotopic (exact) mass is 324 g/mol. The topological polar surface area (TPSA) is 69.6 Å². The van der Waals surface area contributed by atoms with Crippen molar-refractivity contribution in [3.05, 3.63) is 59.7 Å². The molecule has 2 aromatic rings. The SMILES string of the molecule is O=C(Nc1cccc(C(=O)N2CCCCC2)c1)c1cccc(O)c1. The molecule has 1 saturated heterocycles. The second kappa shape index (κ2) is 7.17. The molecule has 0 saturated carbocycles. The van der Waals surface area contributed by atoms with Crippen LogP contribution in [0, 0.1) is 0 Å². The average molecular weight is 324 g/mol. The van der Waals surface area contributed by atoms with E-state index in [0.717, 1.165) is 25.9 Å². The number of phenols is 1. The van der Waals surface area contributed by atoms with Crippen LogP contribution in [0.2, 0.25) is 0 Å². The molecule has 1 fully saturated rings. The van der Waals surface area contributed by atoms with Crippen molar-refractivity contribution in [2.45, 2.75) is 19.3 Å². The van der Waals surface area contributed by atoms with E-state index in [1.165, 1.54) is 18.6 Å². The Morgan fingerprint density at radius 1 is 0.917 bits per heavy atom. The molecule has 124 valence electrons. The molecule has 0 spiro atoms. The number of rotatable bonds is 3. The summed E-state index contributed by atoms with van der Waals surface area (Å²) in [6, 6.07) is 13.1. The molecule has 1 heterocycles. The maximum Gasteiger partial charge on any atom is 0.255 e. The van der Waals surface area contributed by atoms with Gasteiger partial charge < -0.3 is 15.3 Å². The van der Waals surface area contributed by atoms with Crippen molar-refractivity contribution in [3.8, 4) is 5.75 Å².